The van der Waals surface area contributed by atoms with Crippen LogP contribution in [-0.2, 0) is 0 Å². The molecule has 0 aliphatic heterocycles. The molecule has 0 aromatic rings. The Hall–Kier alpha value is 23.4. The lowest BCUT2D eigenvalue weighted by atomic mass is 10.0. The van der Waals surface area contributed by atoms with Gasteiger partial charge in [0.2, 0.25) is 0 Å². The van der Waals surface area contributed by atoms with Crippen LogP contribution in [0.1, 0.15) is 0 Å². The van der Waals surface area contributed by atoms with Gasteiger partial charge in [-0.3, -0.25) is 0 Å². The molecule has 0 atom stereocenters. The summed E-state index contributed by atoms with van der Waals surface area (Å²) in [5, 5.41) is 0. The predicted octanol–water partition coefficient (Wildman–Crippen LogP) is 25.3. The van der Waals surface area contributed by atoms with Crippen molar-refractivity contribution in [2.75, 3.05) is 0 Å². The summed E-state index contributed by atoms with van der Waals surface area (Å²) >= 11 is 88.6. The number of hydrogen-bond donors (Lipinski definition) is 0. The first-order valence-electron chi connectivity index (χ1n) is 9.55. The van der Waals surface area contributed by atoms with Gasteiger partial charge in [-0.25, -0.2) is 0 Å². The zero-order valence-corrected chi connectivity index (χ0v) is 88.6. The normalized spacial score (nSPS) is 17.4. The fourth-order valence-corrected chi connectivity index (χ4v) is 53.3. The Kier molecular flexibility index (Phi) is 37.8. The van der Waals surface area contributed by atoms with Crippen LogP contribution < -0.4 is 0 Å². The van der Waals surface area contributed by atoms with Crippen LogP contribution in [0, 0.1) is 0 Å². The van der Waals surface area contributed by atoms with E-state index in [-0.39, 0.29) is 17.4 Å². The molecule has 0 bridgehead atoms. The standard InChI is InChI=1S/C15I32/c16-1(17,2(18,19)4(22,23)6(26,27)8(30,31)10(34,35)12(38,39)14(42,43)44)3(20,21)5(24,25)7(28,29)9(32,33)11(36,37)13(40,41)15(45,46)47. The van der Waals surface area contributed by atoms with Gasteiger partial charge in [-0.05, 0) is 0 Å². The first-order valence-corrected chi connectivity index (χ1v) is 44.1. The van der Waals surface area contributed by atoms with Crippen molar-refractivity contribution in [3.63, 3.8) is 0 Å². The molecule has 47 heavy (non-hydrogen) atoms. The van der Waals surface area contributed by atoms with Gasteiger partial charge in [-0.1, -0.05) is 723 Å². The van der Waals surface area contributed by atoms with E-state index in [0.29, 0.717) is 0 Å². The Morgan fingerprint density at radius 2 is 0.170 bits per heavy atom. The van der Waals surface area contributed by atoms with Gasteiger partial charge in [0.05, 0.1) is 0 Å². The van der Waals surface area contributed by atoms with Crippen molar-refractivity contribution in [2.24, 2.45) is 0 Å². The monoisotopic (exact) mass is 4240 g/mol. The van der Waals surface area contributed by atoms with Crippen LogP contribution in [0.5, 0.6) is 0 Å². The van der Waals surface area contributed by atoms with Crippen molar-refractivity contribution >= 4 is 723 Å². The second-order valence-corrected chi connectivity index (χ2v) is 99.5. The summed E-state index contributed by atoms with van der Waals surface area (Å²) in [6.45, 7) is 0. The second kappa shape index (κ2) is 25.2. The molecule has 0 spiro atoms. The largest absolute Gasteiger partial charge is 0.149 e. The van der Waals surface area contributed by atoms with E-state index in [0.717, 1.165) is 0 Å². The van der Waals surface area contributed by atoms with Gasteiger partial charge in [0, 0.05) is 0 Å². The van der Waals surface area contributed by atoms with Gasteiger partial charge in [-0.15, -0.1) is 0 Å². The average Bonchev–Trinajstić information content (AvgIpc) is 2.80. The molecular formula is C15I32. The molecule has 0 N–H and O–H groups in total. The number of hydrogen-bond acceptors (Lipinski definition) is 0. The molecule has 284 valence electrons. The molecule has 0 saturated carbocycles. The molecule has 0 aromatic carbocycles. The molecule has 0 aliphatic rings. The Labute approximate surface area is 714 Å². The Morgan fingerprint density at radius 3 is 0.234 bits per heavy atom. The lowest BCUT2D eigenvalue weighted by Crippen LogP contribution is -2.72. The van der Waals surface area contributed by atoms with E-state index in [1.165, 1.54) is 0 Å². The summed E-state index contributed by atoms with van der Waals surface area (Å²) in [6, 6.07) is 0. The maximum Gasteiger partial charge on any atom is 0.149 e. The van der Waals surface area contributed by atoms with Crippen molar-refractivity contribution in [2.45, 2.75) is 17.4 Å². The van der Waals surface area contributed by atoms with Crippen LogP contribution >= 0.6 is 723 Å². The van der Waals surface area contributed by atoms with E-state index in [1.807, 2.05) is 0 Å². The fourth-order valence-electron chi connectivity index (χ4n) is 2.52. The summed E-state index contributed by atoms with van der Waals surface area (Å²) in [7, 11) is 0. The summed E-state index contributed by atoms with van der Waals surface area (Å²) in [4.78, 5) is 0. The fraction of sp³-hybridized carbons (Fsp3) is 1.00. The van der Waals surface area contributed by atoms with Crippen LogP contribution in [0.2, 0.25) is 0 Å². The quantitative estimate of drug-likeness (QED) is 0.120. The summed E-state index contributed by atoms with van der Waals surface area (Å²) in [5.41, 5.74) is 0. The van der Waals surface area contributed by atoms with E-state index in [2.05, 4.69) is 723 Å². The molecule has 0 unspecified atom stereocenters. The van der Waals surface area contributed by atoms with Crippen molar-refractivity contribution in [3.8, 4) is 0 Å². The minimum Gasteiger partial charge on any atom is -0.0623 e. The van der Waals surface area contributed by atoms with Crippen molar-refractivity contribution < 1.29 is 0 Å². The van der Waals surface area contributed by atoms with E-state index in [9.17, 15) is 0 Å². The van der Waals surface area contributed by atoms with E-state index >= 15 is 0 Å². The lowest BCUT2D eigenvalue weighted by molar-refractivity contribution is 0.621. The van der Waals surface area contributed by atoms with Crippen molar-refractivity contribution in [1.82, 2.24) is 0 Å². The predicted molar refractivity (Wildman–Crippen MR) is 490 cm³/mol. The van der Waals surface area contributed by atoms with Crippen molar-refractivity contribution in [3.05, 3.63) is 0 Å². The Bertz CT molecular complexity index is 1050. The summed E-state index contributed by atoms with van der Waals surface area (Å²) in [6.07, 6.45) is 0. The first kappa shape index (κ1) is 70.4. The van der Waals surface area contributed by atoms with Gasteiger partial charge in [0.25, 0.3) is 0 Å². The average molecular weight is 4240 g/mol. The second-order valence-electron chi connectivity index (χ2n) is 8.46. The topological polar surface area (TPSA) is 0 Å². The molecule has 0 aliphatic carbocycles. The summed E-state index contributed by atoms with van der Waals surface area (Å²) in [5.74, 6) is 0. The molecule has 0 nitrogen and oxygen atoms in total. The zero-order chi connectivity index (χ0) is 39.5. The zero-order valence-electron chi connectivity index (χ0n) is 19.6. The third-order valence-electron chi connectivity index (χ3n) is 5.44. The maximum absolute atomic E-state index is 2.84. The molecule has 0 saturated heterocycles. The maximum atomic E-state index is 2.84. The van der Waals surface area contributed by atoms with Crippen LogP contribution in [0.4, 0.5) is 0 Å². The smallest absolute Gasteiger partial charge is 0.0623 e. The number of alkyl halides is 32. The molecule has 0 fully saturated rings. The highest BCUT2D eigenvalue weighted by Gasteiger charge is 2.82. The van der Waals surface area contributed by atoms with Gasteiger partial charge < -0.3 is 0 Å². The van der Waals surface area contributed by atoms with Crippen LogP contribution in [0.15, 0.2) is 0 Å². The molecule has 0 heterocycles. The van der Waals surface area contributed by atoms with Crippen LogP contribution in [0.3, 0.4) is 0 Å². The highest BCUT2D eigenvalue weighted by molar-refractivity contribution is 14.3. The summed E-state index contributed by atoms with van der Waals surface area (Å²) < 4.78 is -2.03. The minimum absolute atomic E-state index is 0.0123. The molecular weight excluding hydrogens is 4240 g/mol. The number of rotatable bonds is 14. The van der Waals surface area contributed by atoms with Crippen LogP contribution in [-0.4, -0.2) is 17.4 Å². The molecule has 0 amide bonds. The SMILES string of the molecule is IC(I)(I)C(I)(I)C(I)(I)C(I)(I)C(I)(I)C(I)(I)C(I)(I)C(I)(I)C(I)(I)C(I)(I)C(I)(I)C(I)(I)C(I)(I)C(I)(I)C(I)(I)I. The minimum atomic E-state index is -0.215. The van der Waals surface area contributed by atoms with Gasteiger partial charge in [0.1, 0.15) is 17.4 Å². The molecule has 0 aromatic heterocycles. The highest BCUT2D eigenvalue weighted by Crippen LogP contribution is 2.84. The Morgan fingerprint density at radius 1 is 0.106 bits per heavy atom. The third-order valence-corrected chi connectivity index (χ3v) is 114. The van der Waals surface area contributed by atoms with Gasteiger partial charge >= 0.3 is 0 Å². The third kappa shape index (κ3) is 14.1. The molecule has 0 rings (SSSR count). The van der Waals surface area contributed by atoms with Crippen LogP contribution in [0.25, 0.3) is 0 Å². The molecule has 32 heteroatoms. The van der Waals surface area contributed by atoms with E-state index in [1.54, 1.807) is 0 Å². The van der Waals surface area contributed by atoms with Gasteiger partial charge in [0.15, 0.2) is 0 Å². The van der Waals surface area contributed by atoms with Crippen molar-refractivity contribution in [1.29, 1.82) is 0 Å². The Balaban J connectivity index is 7.61. The number of halogens is 32. The first-order chi connectivity index (χ1) is 19.5. The van der Waals surface area contributed by atoms with E-state index in [4.69, 9.17) is 0 Å². The van der Waals surface area contributed by atoms with E-state index < -0.39 is 0 Å². The van der Waals surface area contributed by atoms with Gasteiger partial charge in [-0.2, -0.15) is 0 Å². The lowest BCUT2D eigenvalue weighted by Gasteiger charge is -2.62. The highest BCUT2D eigenvalue weighted by atomic mass is 127. The molecule has 0 radical (unpaired) electrons.